The number of nitrogens with two attached hydrogens (primary N) is 1. The minimum Gasteiger partial charge on any atom is -0.480 e. The highest BCUT2D eigenvalue weighted by atomic mass is 16.6. The first-order valence-corrected chi connectivity index (χ1v) is 8.27. The van der Waals surface area contributed by atoms with E-state index in [-0.39, 0.29) is 6.42 Å². The first kappa shape index (κ1) is 21.4. The van der Waals surface area contributed by atoms with Crippen LogP contribution < -0.4 is 11.1 Å². The number of ether oxygens (including phenoxy) is 2. The maximum Gasteiger partial charge on any atom is 0.408 e. The minimum atomic E-state index is -1.32. The minimum absolute atomic E-state index is 0.268. The number of alkyl carbamates (subject to hydrolysis) is 1. The molecule has 8 heteroatoms. The second-order valence-corrected chi connectivity index (χ2v) is 6.80. The van der Waals surface area contributed by atoms with Crippen molar-refractivity contribution < 1.29 is 29.0 Å². The van der Waals surface area contributed by atoms with Crippen molar-refractivity contribution in [2.75, 3.05) is 6.61 Å². The Hall–Kier alpha value is -2.61. The molecule has 0 aromatic heterocycles. The molecule has 0 spiro atoms. The van der Waals surface area contributed by atoms with Crippen molar-refractivity contribution in [1.29, 1.82) is 0 Å². The molecule has 1 aromatic carbocycles. The Morgan fingerprint density at radius 3 is 2.35 bits per heavy atom. The molecule has 8 nitrogen and oxygen atoms in total. The summed E-state index contributed by atoms with van der Waals surface area (Å²) in [5.41, 5.74) is 5.59. The van der Waals surface area contributed by atoms with E-state index < -0.39 is 42.3 Å². The van der Waals surface area contributed by atoms with E-state index >= 15 is 0 Å². The van der Waals surface area contributed by atoms with Crippen molar-refractivity contribution in [2.45, 2.75) is 51.3 Å². The molecule has 0 saturated heterocycles. The molecule has 1 amide bonds. The van der Waals surface area contributed by atoms with E-state index in [4.69, 9.17) is 20.3 Å². The number of aliphatic carboxylic acids is 1. The summed E-state index contributed by atoms with van der Waals surface area (Å²) >= 11 is 0. The molecule has 26 heavy (non-hydrogen) atoms. The number of carboxylic acids is 1. The molecule has 0 aliphatic rings. The summed E-state index contributed by atoms with van der Waals surface area (Å²) in [5.74, 6) is -2.04. The number of esters is 1. The number of hydrogen-bond acceptors (Lipinski definition) is 6. The Morgan fingerprint density at radius 2 is 1.81 bits per heavy atom. The highest BCUT2D eigenvalue weighted by Crippen LogP contribution is 2.10. The number of nitrogens with one attached hydrogen (secondary N) is 1. The highest BCUT2D eigenvalue weighted by Gasteiger charge is 2.26. The Labute approximate surface area is 152 Å². The maximum absolute atomic E-state index is 12.3. The maximum atomic E-state index is 12.3. The molecule has 0 bridgehead atoms. The van der Waals surface area contributed by atoms with Crippen LogP contribution in [-0.2, 0) is 25.5 Å². The van der Waals surface area contributed by atoms with Gasteiger partial charge in [-0.05, 0) is 39.2 Å². The van der Waals surface area contributed by atoms with Crippen molar-refractivity contribution in [2.24, 2.45) is 5.73 Å². The van der Waals surface area contributed by atoms with Crippen LogP contribution in [0.2, 0.25) is 0 Å². The van der Waals surface area contributed by atoms with Gasteiger partial charge in [-0.3, -0.25) is 4.79 Å². The van der Waals surface area contributed by atoms with Crippen LogP contribution in [0.25, 0.3) is 0 Å². The first-order chi connectivity index (χ1) is 12.1. The fourth-order valence-electron chi connectivity index (χ4n) is 2.00. The van der Waals surface area contributed by atoms with Gasteiger partial charge in [-0.25, -0.2) is 9.59 Å². The highest BCUT2D eigenvalue weighted by molar-refractivity contribution is 5.82. The zero-order valence-electron chi connectivity index (χ0n) is 15.2. The third-order valence-corrected chi connectivity index (χ3v) is 3.26. The lowest BCUT2D eigenvalue weighted by Crippen LogP contribution is -2.46. The lowest BCUT2D eigenvalue weighted by Gasteiger charge is -2.23. The number of carbonyl (C=O) groups excluding carboxylic acids is 2. The number of amides is 1. The Balaban J connectivity index is 2.71. The third-order valence-electron chi connectivity index (χ3n) is 3.26. The molecular formula is C18H26N2O6. The predicted molar refractivity (Wildman–Crippen MR) is 94.5 cm³/mol. The summed E-state index contributed by atoms with van der Waals surface area (Å²) in [6.45, 7) is 4.63. The fourth-order valence-corrected chi connectivity index (χ4v) is 2.00. The molecule has 0 unspecified atom stereocenters. The van der Waals surface area contributed by atoms with E-state index in [2.05, 4.69) is 5.32 Å². The number of carbonyl (C=O) groups is 3. The van der Waals surface area contributed by atoms with Crippen LogP contribution in [0, 0.1) is 0 Å². The summed E-state index contributed by atoms with van der Waals surface area (Å²) in [4.78, 5) is 34.9. The lowest BCUT2D eigenvalue weighted by molar-refractivity contribution is -0.149. The Bertz CT molecular complexity index is 612. The zero-order valence-corrected chi connectivity index (χ0v) is 15.2. The van der Waals surface area contributed by atoms with E-state index in [1.807, 2.05) is 30.3 Å². The quantitative estimate of drug-likeness (QED) is 0.594. The fraction of sp³-hybridized carbons (Fsp3) is 0.500. The van der Waals surface area contributed by atoms with Gasteiger partial charge in [0.05, 0.1) is 0 Å². The van der Waals surface area contributed by atoms with Crippen LogP contribution >= 0.6 is 0 Å². The molecule has 0 fully saturated rings. The largest absolute Gasteiger partial charge is 0.480 e. The van der Waals surface area contributed by atoms with Gasteiger partial charge in [-0.15, -0.1) is 0 Å². The number of aryl methyl sites for hydroxylation is 1. The zero-order chi connectivity index (χ0) is 19.7. The summed E-state index contributed by atoms with van der Waals surface area (Å²) in [5, 5.41) is 11.2. The van der Waals surface area contributed by atoms with Crippen molar-refractivity contribution in [3.05, 3.63) is 35.9 Å². The SMILES string of the molecule is CC(C)(C)OC(=O)N[C@H](CCc1ccccc1)C(=O)OC[C@H](N)C(=O)O. The van der Waals surface area contributed by atoms with E-state index in [9.17, 15) is 14.4 Å². The first-order valence-electron chi connectivity index (χ1n) is 8.27. The number of carboxylic acid groups (broad SMARTS) is 1. The predicted octanol–water partition coefficient (Wildman–Crippen LogP) is 1.47. The molecule has 0 radical (unpaired) electrons. The van der Waals surface area contributed by atoms with Gasteiger partial charge in [0.15, 0.2) is 0 Å². The molecule has 0 saturated carbocycles. The number of rotatable bonds is 8. The molecule has 0 heterocycles. The van der Waals surface area contributed by atoms with E-state index in [0.29, 0.717) is 6.42 Å². The topological polar surface area (TPSA) is 128 Å². The smallest absolute Gasteiger partial charge is 0.408 e. The van der Waals surface area contributed by atoms with Gasteiger partial charge in [0.25, 0.3) is 0 Å². The summed E-state index contributed by atoms with van der Waals surface area (Å²) in [6.07, 6.45) is 0.0289. The average molecular weight is 366 g/mol. The van der Waals surface area contributed by atoms with Crippen molar-refractivity contribution >= 4 is 18.0 Å². The van der Waals surface area contributed by atoms with Gasteiger partial charge in [0.1, 0.15) is 24.3 Å². The van der Waals surface area contributed by atoms with Gasteiger partial charge in [-0.1, -0.05) is 30.3 Å². The lowest BCUT2D eigenvalue weighted by atomic mass is 10.1. The van der Waals surface area contributed by atoms with Crippen LogP contribution in [0.3, 0.4) is 0 Å². The monoisotopic (exact) mass is 366 g/mol. The molecule has 1 rings (SSSR count). The second kappa shape index (κ2) is 9.76. The molecule has 144 valence electrons. The number of benzene rings is 1. The molecule has 1 aromatic rings. The van der Waals surface area contributed by atoms with Crippen molar-refractivity contribution in [1.82, 2.24) is 5.32 Å². The van der Waals surface area contributed by atoms with E-state index in [1.54, 1.807) is 20.8 Å². The molecule has 2 atom stereocenters. The molecule has 0 aliphatic carbocycles. The van der Waals surface area contributed by atoms with E-state index in [1.165, 1.54) is 0 Å². The van der Waals surface area contributed by atoms with Gasteiger partial charge in [-0.2, -0.15) is 0 Å². The normalized spacial score (nSPS) is 13.4. The van der Waals surface area contributed by atoms with Gasteiger partial charge in [0, 0.05) is 0 Å². The van der Waals surface area contributed by atoms with Crippen LogP contribution in [0.4, 0.5) is 4.79 Å². The van der Waals surface area contributed by atoms with Crippen LogP contribution in [0.5, 0.6) is 0 Å². The van der Waals surface area contributed by atoms with Gasteiger partial charge >= 0.3 is 18.0 Å². The summed E-state index contributed by atoms with van der Waals surface area (Å²) < 4.78 is 10.1. The molecule has 0 aliphatic heterocycles. The standard InChI is InChI=1S/C18H26N2O6/c1-18(2,3)26-17(24)20-14(10-9-12-7-5-4-6-8-12)16(23)25-11-13(19)15(21)22/h4-8,13-14H,9-11,19H2,1-3H3,(H,20,24)(H,21,22)/t13-,14+/m0/s1. The Morgan fingerprint density at radius 1 is 1.19 bits per heavy atom. The van der Waals surface area contributed by atoms with Crippen LogP contribution in [0.15, 0.2) is 30.3 Å². The summed E-state index contributed by atoms with van der Waals surface area (Å²) in [7, 11) is 0. The molecule has 4 N–H and O–H groups in total. The number of hydrogen-bond donors (Lipinski definition) is 3. The van der Waals surface area contributed by atoms with E-state index in [0.717, 1.165) is 5.56 Å². The third kappa shape index (κ3) is 8.48. The Kier molecular flexibility index (Phi) is 8.05. The summed E-state index contributed by atoms with van der Waals surface area (Å²) in [6, 6.07) is 7.11. The second-order valence-electron chi connectivity index (χ2n) is 6.80. The van der Waals surface area contributed by atoms with Crippen LogP contribution in [0.1, 0.15) is 32.8 Å². The van der Waals surface area contributed by atoms with Gasteiger partial charge in [0.2, 0.25) is 0 Å². The average Bonchev–Trinajstić information content (AvgIpc) is 2.55. The van der Waals surface area contributed by atoms with Crippen molar-refractivity contribution in [3.8, 4) is 0 Å². The van der Waals surface area contributed by atoms with Gasteiger partial charge < -0.3 is 25.6 Å². The van der Waals surface area contributed by atoms with Crippen LogP contribution in [-0.4, -0.2) is 47.4 Å². The molecular weight excluding hydrogens is 340 g/mol. The van der Waals surface area contributed by atoms with Crippen molar-refractivity contribution in [3.63, 3.8) is 0 Å².